The van der Waals surface area contributed by atoms with Gasteiger partial charge in [-0.15, -0.1) is 0 Å². The van der Waals surface area contributed by atoms with Crippen molar-refractivity contribution in [2.24, 2.45) is 7.05 Å². The number of nitrogens with one attached hydrogen (secondary N) is 1. The molecule has 0 saturated heterocycles. The van der Waals surface area contributed by atoms with E-state index in [0.717, 1.165) is 11.1 Å². The van der Waals surface area contributed by atoms with Crippen LogP contribution in [0.25, 0.3) is 11.1 Å². The van der Waals surface area contributed by atoms with E-state index >= 15 is 0 Å². The Kier molecular flexibility index (Phi) is 5.73. The highest BCUT2D eigenvalue weighted by atomic mass is 19.4. The normalized spacial score (nSPS) is 11.6. The van der Waals surface area contributed by atoms with E-state index in [4.69, 9.17) is 5.73 Å². The molecule has 0 amide bonds. The molecule has 0 aliphatic heterocycles. The maximum Gasteiger partial charge on any atom is 0.411 e. The predicted octanol–water partition coefficient (Wildman–Crippen LogP) is 2.93. The van der Waals surface area contributed by atoms with Gasteiger partial charge in [0.1, 0.15) is 6.61 Å². The van der Waals surface area contributed by atoms with Gasteiger partial charge in [-0.25, -0.2) is 0 Å². The molecule has 1 aromatic heterocycles. The van der Waals surface area contributed by atoms with Gasteiger partial charge in [0.15, 0.2) is 0 Å². The van der Waals surface area contributed by atoms with Crippen LogP contribution in [0, 0.1) is 6.92 Å². The number of hydrogen-bond acceptors (Lipinski definition) is 4. The molecule has 0 aliphatic carbocycles. The van der Waals surface area contributed by atoms with E-state index in [2.05, 4.69) is 10.1 Å². The van der Waals surface area contributed by atoms with Gasteiger partial charge in [0.2, 0.25) is 0 Å². The lowest BCUT2D eigenvalue weighted by atomic mass is 10.0. The van der Waals surface area contributed by atoms with Gasteiger partial charge in [0.05, 0.1) is 18.0 Å². The number of benzene rings is 1. The molecule has 0 radical (unpaired) electrons. The average molecular weight is 355 g/mol. The number of pyridine rings is 1. The van der Waals surface area contributed by atoms with Gasteiger partial charge in [-0.05, 0) is 36.2 Å². The van der Waals surface area contributed by atoms with Crippen molar-refractivity contribution >= 4 is 11.4 Å². The molecule has 0 atom stereocenters. The van der Waals surface area contributed by atoms with Crippen molar-refractivity contribution < 1.29 is 17.9 Å². The molecular formula is C17H20F3N3O2. The molecular weight excluding hydrogens is 335 g/mol. The molecule has 0 saturated carbocycles. The third-order valence-corrected chi connectivity index (χ3v) is 3.58. The molecule has 0 bridgehead atoms. The summed E-state index contributed by atoms with van der Waals surface area (Å²) >= 11 is 0. The van der Waals surface area contributed by atoms with Gasteiger partial charge in [-0.2, -0.15) is 13.2 Å². The number of alkyl halides is 3. The van der Waals surface area contributed by atoms with Gasteiger partial charge in [0, 0.05) is 25.4 Å². The summed E-state index contributed by atoms with van der Waals surface area (Å²) in [6.07, 6.45) is -2.61. The topological polar surface area (TPSA) is 69.3 Å². The molecule has 0 spiro atoms. The molecule has 25 heavy (non-hydrogen) atoms. The molecule has 2 rings (SSSR count). The van der Waals surface area contributed by atoms with E-state index in [1.807, 2.05) is 6.07 Å². The van der Waals surface area contributed by atoms with E-state index in [9.17, 15) is 18.0 Å². The summed E-state index contributed by atoms with van der Waals surface area (Å²) in [5, 5.41) is 2.96. The first kappa shape index (κ1) is 18.9. The Morgan fingerprint density at radius 3 is 2.60 bits per heavy atom. The first-order valence-electron chi connectivity index (χ1n) is 7.63. The fourth-order valence-electron chi connectivity index (χ4n) is 2.37. The second-order valence-corrected chi connectivity index (χ2v) is 5.72. The fraction of sp³-hybridized carbons (Fsp3) is 0.353. The minimum Gasteiger partial charge on any atom is -0.397 e. The third-order valence-electron chi connectivity index (χ3n) is 3.58. The summed E-state index contributed by atoms with van der Waals surface area (Å²) < 4.78 is 42.1. The van der Waals surface area contributed by atoms with Crippen molar-refractivity contribution in [2.45, 2.75) is 13.1 Å². The summed E-state index contributed by atoms with van der Waals surface area (Å²) in [4.78, 5) is 11.8. The molecule has 0 fully saturated rings. The van der Waals surface area contributed by atoms with Gasteiger partial charge in [0.25, 0.3) is 5.56 Å². The molecule has 1 aromatic carbocycles. The number of ether oxygens (including phenoxy) is 1. The monoisotopic (exact) mass is 355 g/mol. The maximum atomic E-state index is 12.0. The molecule has 136 valence electrons. The highest BCUT2D eigenvalue weighted by Crippen LogP contribution is 2.27. The van der Waals surface area contributed by atoms with Crippen LogP contribution in [0.1, 0.15) is 5.56 Å². The van der Waals surface area contributed by atoms with Crippen molar-refractivity contribution in [3.8, 4) is 11.1 Å². The first-order valence-corrected chi connectivity index (χ1v) is 7.63. The zero-order valence-electron chi connectivity index (χ0n) is 14.0. The highest BCUT2D eigenvalue weighted by Gasteiger charge is 2.27. The Morgan fingerprint density at radius 2 is 1.96 bits per heavy atom. The van der Waals surface area contributed by atoms with Crippen LogP contribution < -0.4 is 16.6 Å². The number of hydrogen-bond donors (Lipinski definition) is 2. The van der Waals surface area contributed by atoms with Crippen LogP contribution in [0.5, 0.6) is 0 Å². The quantitative estimate of drug-likeness (QED) is 0.617. The van der Waals surface area contributed by atoms with Gasteiger partial charge in [-0.1, -0.05) is 6.07 Å². The smallest absolute Gasteiger partial charge is 0.397 e. The van der Waals surface area contributed by atoms with Crippen LogP contribution in [0.2, 0.25) is 0 Å². The number of aryl methyl sites for hydroxylation is 2. The van der Waals surface area contributed by atoms with Crippen LogP contribution in [-0.4, -0.2) is 30.5 Å². The van der Waals surface area contributed by atoms with E-state index < -0.39 is 12.8 Å². The zero-order chi connectivity index (χ0) is 18.6. The molecule has 0 unspecified atom stereocenters. The SMILES string of the molecule is Cc1cc(-c2ccc(N)c(NCCOCC(F)(F)F)c2)cn(C)c1=O. The van der Waals surface area contributed by atoms with Gasteiger partial charge >= 0.3 is 6.18 Å². The first-order chi connectivity index (χ1) is 11.7. The Balaban J connectivity index is 2.09. The standard InChI is InChI=1S/C17H20F3N3O2/c1-11-7-13(9-23(2)16(11)24)12-3-4-14(21)15(8-12)22-5-6-25-10-17(18,19)20/h3-4,7-9,22H,5-6,10,21H2,1-2H3. The lowest BCUT2D eigenvalue weighted by Crippen LogP contribution is -2.20. The number of rotatable bonds is 6. The zero-order valence-corrected chi connectivity index (χ0v) is 14.0. The van der Waals surface area contributed by atoms with Gasteiger partial charge < -0.3 is 20.4 Å². The molecule has 1 heterocycles. The van der Waals surface area contributed by atoms with E-state index in [-0.39, 0.29) is 18.7 Å². The van der Waals surface area contributed by atoms with Crippen molar-refractivity contribution in [3.63, 3.8) is 0 Å². The summed E-state index contributed by atoms with van der Waals surface area (Å²) in [6, 6.07) is 7.09. The molecule has 3 N–H and O–H groups in total. The number of nitrogen functional groups attached to an aromatic ring is 1. The van der Waals surface area contributed by atoms with E-state index in [1.54, 1.807) is 38.4 Å². The number of aromatic nitrogens is 1. The largest absolute Gasteiger partial charge is 0.411 e. The average Bonchev–Trinajstić information content (AvgIpc) is 2.52. The number of nitrogens with zero attached hydrogens (tertiary/aromatic N) is 1. The Hall–Kier alpha value is -2.48. The van der Waals surface area contributed by atoms with Crippen LogP contribution in [-0.2, 0) is 11.8 Å². The molecule has 0 aliphatic rings. The van der Waals surface area contributed by atoms with Crippen LogP contribution >= 0.6 is 0 Å². The van der Waals surface area contributed by atoms with E-state index in [0.29, 0.717) is 16.9 Å². The number of nitrogens with two attached hydrogens (primary N) is 1. The van der Waals surface area contributed by atoms with Crippen LogP contribution in [0.3, 0.4) is 0 Å². The Labute approximate surface area is 143 Å². The Morgan fingerprint density at radius 1 is 1.24 bits per heavy atom. The molecule has 8 heteroatoms. The molecule has 2 aromatic rings. The minimum absolute atomic E-state index is 0.0700. The van der Waals surface area contributed by atoms with Crippen LogP contribution in [0.4, 0.5) is 24.5 Å². The fourth-order valence-corrected chi connectivity index (χ4v) is 2.37. The number of anilines is 2. The van der Waals surface area contributed by atoms with Crippen molar-refractivity contribution in [2.75, 3.05) is 30.8 Å². The third kappa shape index (κ3) is 5.25. The predicted molar refractivity (Wildman–Crippen MR) is 91.6 cm³/mol. The summed E-state index contributed by atoms with van der Waals surface area (Å²) in [6.45, 7) is 0.556. The minimum atomic E-state index is -4.33. The van der Waals surface area contributed by atoms with Gasteiger partial charge in [-0.3, -0.25) is 4.79 Å². The summed E-state index contributed by atoms with van der Waals surface area (Å²) in [5.41, 5.74) is 9.20. The summed E-state index contributed by atoms with van der Waals surface area (Å²) in [5.74, 6) is 0. The maximum absolute atomic E-state index is 12.0. The van der Waals surface area contributed by atoms with Crippen molar-refractivity contribution in [1.82, 2.24) is 4.57 Å². The lowest BCUT2D eigenvalue weighted by molar-refractivity contribution is -0.172. The van der Waals surface area contributed by atoms with E-state index in [1.165, 1.54) is 4.57 Å². The summed E-state index contributed by atoms with van der Waals surface area (Å²) in [7, 11) is 1.67. The second kappa shape index (κ2) is 7.60. The van der Waals surface area contributed by atoms with Crippen molar-refractivity contribution in [3.05, 3.63) is 46.4 Å². The van der Waals surface area contributed by atoms with Crippen LogP contribution in [0.15, 0.2) is 35.3 Å². The molecule has 5 nitrogen and oxygen atoms in total. The second-order valence-electron chi connectivity index (χ2n) is 5.72. The Bertz CT molecular complexity index is 774. The van der Waals surface area contributed by atoms with Crippen molar-refractivity contribution in [1.29, 1.82) is 0 Å². The lowest BCUT2D eigenvalue weighted by Gasteiger charge is -2.13. The highest BCUT2D eigenvalue weighted by molar-refractivity contribution is 5.76. The number of halogens is 3.